The molecule has 0 atom stereocenters. The molecule has 0 N–H and O–H groups in total. The third kappa shape index (κ3) is 6.85. The van der Waals surface area contributed by atoms with E-state index >= 15 is 0 Å². The van der Waals surface area contributed by atoms with Crippen LogP contribution in [0, 0.1) is 12.0 Å². The fraction of sp³-hybridized carbons (Fsp3) is 0.529. The summed E-state index contributed by atoms with van der Waals surface area (Å²) in [6, 6.07) is 8.35. The smallest absolute Gasteiger partial charge is 0.128 e. The Bertz CT molecular complexity index is 420. The standard InChI is InChI=1S/C12H15Cl.C5H10Si/c13-12-8-4-7-11(9-12)10-5-2-1-3-6-10;1-5-6(2,3)4/h4,7-10H,1-3,5-6H2;1H,2-4H3. The number of halogens is 1. The second-order valence-corrected chi connectivity index (χ2v) is 11.5. The van der Waals surface area contributed by atoms with Gasteiger partial charge in [-0.2, -0.15) is 0 Å². The predicted molar refractivity (Wildman–Crippen MR) is 89.5 cm³/mol. The highest BCUT2D eigenvalue weighted by molar-refractivity contribution is 6.83. The van der Waals surface area contributed by atoms with Crippen molar-refractivity contribution in [1.29, 1.82) is 0 Å². The van der Waals surface area contributed by atoms with Gasteiger partial charge in [-0.3, -0.25) is 0 Å². The van der Waals surface area contributed by atoms with Gasteiger partial charge in [-0.05, 0) is 36.5 Å². The molecule has 2 heteroatoms. The topological polar surface area (TPSA) is 0 Å². The van der Waals surface area contributed by atoms with Gasteiger partial charge in [-0.25, -0.2) is 0 Å². The molecule has 1 fully saturated rings. The van der Waals surface area contributed by atoms with E-state index in [9.17, 15) is 0 Å². The molecule has 0 unspecified atom stereocenters. The first-order valence-corrected chi connectivity index (χ1v) is 11.0. The van der Waals surface area contributed by atoms with Gasteiger partial charge in [0.25, 0.3) is 0 Å². The molecule has 1 aromatic carbocycles. The third-order valence-electron chi connectivity index (χ3n) is 3.36. The Hall–Kier alpha value is -0.713. The summed E-state index contributed by atoms with van der Waals surface area (Å²) in [5, 5.41) is 0.878. The second kappa shape index (κ2) is 7.77. The molecule has 1 aliphatic carbocycles. The lowest BCUT2D eigenvalue weighted by Crippen LogP contribution is -2.15. The van der Waals surface area contributed by atoms with E-state index in [-0.39, 0.29) is 0 Å². The highest BCUT2D eigenvalue weighted by Gasteiger charge is 2.15. The zero-order valence-electron chi connectivity index (χ0n) is 12.4. The number of hydrogen-bond acceptors (Lipinski definition) is 0. The third-order valence-corrected chi connectivity index (χ3v) is 4.46. The lowest BCUT2D eigenvalue weighted by molar-refractivity contribution is 0.443. The summed E-state index contributed by atoms with van der Waals surface area (Å²) in [4.78, 5) is 0. The highest BCUT2D eigenvalue weighted by Crippen LogP contribution is 2.33. The molecule has 1 saturated carbocycles. The molecule has 0 saturated heterocycles. The van der Waals surface area contributed by atoms with Crippen LogP contribution in [-0.2, 0) is 0 Å². The molecule has 0 bridgehead atoms. The van der Waals surface area contributed by atoms with Gasteiger partial charge >= 0.3 is 0 Å². The SMILES string of the molecule is C#C[Si](C)(C)C.Clc1cccc(C2CCCCC2)c1. The van der Waals surface area contributed by atoms with E-state index in [1.807, 2.05) is 6.07 Å². The Morgan fingerprint density at radius 3 is 2.21 bits per heavy atom. The first kappa shape index (κ1) is 16.3. The van der Waals surface area contributed by atoms with Crippen molar-refractivity contribution < 1.29 is 0 Å². The van der Waals surface area contributed by atoms with Gasteiger partial charge < -0.3 is 0 Å². The molecule has 0 radical (unpaired) electrons. The molecule has 1 aliphatic rings. The van der Waals surface area contributed by atoms with Crippen molar-refractivity contribution in [3.05, 3.63) is 34.9 Å². The molecule has 0 heterocycles. The Kier molecular flexibility index (Phi) is 6.69. The predicted octanol–water partition coefficient (Wildman–Crippen LogP) is 5.88. The van der Waals surface area contributed by atoms with Crippen molar-refractivity contribution in [2.75, 3.05) is 0 Å². The molecular weight excluding hydrogens is 268 g/mol. The van der Waals surface area contributed by atoms with Crippen LogP contribution in [0.5, 0.6) is 0 Å². The summed E-state index contributed by atoms with van der Waals surface area (Å²) in [7, 11) is -1.10. The van der Waals surface area contributed by atoms with Crippen LogP contribution in [0.3, 0.4) is 0 Å². The zero-order valence-corrected chi connectivity index (χ0v) is 14.1. The maximum atomic E-state index is 5.96. The fourth-order valence-corrected chi connectivity index (χ4v) is 2.40. The van der Waals surface area contributed by atoms with Gasteiger partial charge in [0.1, 0.15) is 8.07 Å². The number of rotatable bonds is 1. The van der Waals surface area contributed by atoms with E-state index in [1.165, 1.54) is 37.7 Å². The lowest BCUT2D eigenvalue weighted by atomic mass is 9.84. The fourth-order valence-electron chi connectivity index (χ4n) is 2.20. The van der Waals surface area contributed by atoms with Crippen LogP contribution in [-0.4, -0.2) is 8.07 Å². The highest BCUT2D eigenvalue weighted by atomic mass is 35.5. The number of hydrogen-bond donors (Lipinski definition) is 0. The normalized spacial score (nSPS) is 16.2. The van der Waals surface area contributed by atoms with Crippen molar-refractivity contribution in [2.45, 2.75) is 57.7 Å². The minimum absolute atomic E-state index is 0.771. The summed E-state index contributed by atoms with van der Waals surface area (Å²) in [5.74, 6) is 0.771. The van der Waals surface area contributed by atoms with E-state index in [1.54, 1.807) is 0 Å². The number of terminal acetylenes is 1. The monoisotopic (exact) mass is 292 g/mol. The molecule has 0 aromatic heterocycles. The Labute approximate surface area is 124 Å². The lowest BCUT2D eigenvalue weighted by Gasteiger charge is -2.21. The van der Waals surface area contributed by atoms with E-state index in [2.05, 4.69) is 43.4 Å². The molecule has 1 aromatic rings. The molecule has 104 valence electrons. The largest absolute Gasteiger partial charge is 0.135 e. The summed E-state index contributed by atoms with van der Waals surface area (Å²) in [6.07, 6.45) is 12.0. The van der Waals surface area contributed by atoms with Crippen LogP contribution in [0.4, 0.5) is 0 Å². The summed E-state index contributed by atoms with van der Waals surface area (Å²) < 4.78 is 0. The van der Waals surface area contributed by atoms with Crippen molar-refractivity contribution >= 4 is 19.7 Å². The Balaban J connectivity index is 0.000000258. The van der Waals surface area contributed by atoms with Crippen molar-refractivity contribution in [3.8, 4) is 12.0 Å². The van der Waals surface area contributed by atoms with Crippen LogP contribution in [0.1, 0.15) is 43.6 Å². The van der Waals surface area contributed by atoms with Gasteiger partial charge in [0, 0.05) is 5.02 Å². The van der Waals surface area contributed by atoms with Crippen LogP contribution in [0.25, 0.3) is 0 Å². The van der Waals surface area contributed by atoms with Gasteiger partial charge in [-0.15, -0.1) is 12.0 Å². The summed E-state index contributed by atoms with van der Waals surface area (Å²) in [5.41, 5.74) is 4.18. The maximum Gasteiger partial charge on any atom is 0.128 e. The van der Waals surface area contributed by atoms with E-state index in [0.717, 1.165) is 10.9 Å². The van der Waals surface area contributed by atoms with Gasteiger partial charge in [-0.1, -0.05) is 62.6 Å². The minimum Gasteiger partial charge on any atom is -0.135 e. The van der Waals surface area contributed by atoms with Crippen LogP contribution < -0.4 is 0 Å². The average Bonchev–Trinajstić information content (AvgIpc) is 2.40. The summed E-state index contributed by atoms with van der Waals surface area (Å²) >= 11 is 5.96. The molecule has 0 spiro atoms. The van der Waals surface area contributed by atoms with Crippen molar-refractivity contribution in [1.82, 2.24) is 0 Å². The minimum atomic E-state index is -1.10. The molecule has 2 rings (SSSR count). The van der Waals surface area contributed by atoms with Crippen molar-refractivity contribution in [2.24, 2.45) is 0 Å². The maximum absolute atomic E-state index is 5.96. The quantitative estimate of drug-likeness (QED) is 0.447. The first-order chi connectivity index (χ1) is 8.92. The Morgan fingerprint density at radius 1 is 1.16 bits per heavy atom. The summed E-state index contributed by atoms with van der Waals surface area (Å²) in [6.45, 7) is 6.44. The molecule has 19 heavy (non-hydrogen) atoms. The molecule has 0 nitrogen and oxygen atoms in total. The van der Waals surface area contributed by atoms with E-state index in [0.29, 0.717) is 0 Å². The second-order valence-electron chi connectivity index (χ2n) is 6.28. The van der Waals surface area contributed by atoms with E-state index in [4.69, 9.17) is 18.0 Å². The molecular formula is C17H25ClSi. The first-order valence-electron chi connectivity index (χ1n) is 7.15. The van der Waals surface area contributed by atoms with Crippen LogP contribution in [0.15, 0.2) is 24.3 Å². The van der Waals surface area contributed by atoms with Crippen molar-refractivity contribution in [3.63, 3.8) is 0 Å². The van der Waals surface area contributed by atoms with Crippen LogP contribution >= 0.6 is 11.6 Å². The van der Waals surface area contributed by atoms with Gasteiger partial charge in [0.2, 0.25) is 0 Å². The van der Waals surface area contributed by atoms with E-state index < -0.39 is 8.07 Å². The van der Waals surface area contributed by atoms with Gasteiger partial charge in [0.05, 0.1) is 0 Å². The molecule has 0 amide bonds. The Morgan fingerprint density at radius 2 is 1.74 bits per heavy atom. The molecule has 0 aliphatic heterocycles. The number of benzene rings is 1. The van der Waals surface area contributed by atoms with Crippen LogP contribution in [0.2, 0.25) is 24.7 Å². The zero-order chi connectivity index (χ0) is 14.3. The average molecular weight is 293 g/mol. The van der Waals surface area contributed by atoms with Gasteiger partial charge in [0.15, 0.2) is 0 Å².